The van der Waals surface area contributed by atoms with E-state index in [-0.39, 0.29) is 11.4 Å². The normalized spacial score (nSPS) is 26.0. The Kier molecular flexibility index (Phi) is 4.85. The largest absolute Gasteiger partial charge is 0.462 e. The Morgan fingerprint density at radius 3 is 2.76 bits per heavy atom. The SMILES string of the molecule is CCOC(=O)c1ccc2[nH]c(C)c(CN3C[C@@]4(C)C[C@@H]3CC(C)(C)C4)c(=O)c2c1. The minimum atomic E-state index is -0.389. The van der Waals surface area contributed by atoms with Crippen molar-refractivity contribution < 1.29 is 9.53 Å². The average molecular weight is 397 g/mol. The molecular formula is C24H32N2O3. The summed E-state index contributed by atoms with van der Waals surface area (Å²) in [6, 6.07) is 5.71. The van der Waals surface area contributed by atoms with E-state index in [0.29, 0.717) is 41.0 Å². The van der Waals surface area contributed by atoms with Crippen LogP contribution in [-0.4, -0.2) is 35.0 Å². The second-order valence-electron chi connectivity index (χ2n) is 10.2. The predicted molar refractivity (Wildman–Crippen MR) is 115 cm³/mol. The Morgan fingerprint density at radius 1 is 1.28 bits per heavy atom. The van der Waals surface area contributed by atoms with Gasteiger partial charge in [-0.25, -0.2) is 4.79 Å². The van der Waals surface area contributed by atoms with E-state index in [2.05, 4.69) is 30.7 Å². The van der Waals surface area contributed by atoms with Gasteiger partial charge in [-0.3, -0.25) is 9.69 Å². The zero-order valence-corrected chi connectivity index (χ0v) is 18.2. The number of ether oxygens (including phenoxy) is 1. The topological polar surface area (TPSA) is 62.4 Å². The van der Waals surface area contributed by atoms with E-state index >= 15 is 0 Å². The van der Waals surface area contributed by atoms with E-state index in [1.54, 1.807) is 25.1 Å². The van der Waals surface area contributed by atoms with Crippen molar-refractivity contribution in [1.29, 1.82) is 0 Å². The van der Waals surface area contributed by atoms with E-state index in [0.717, 1.165) is 23.3 Å². The summed E-state index contributed by atoms with van der Waals surface area (Å²) in [6.07, 6.45) is 3.64. The lowest BCUT2D eigenvalue weighted by Gasteiger charge is -2.40. The van der Waals surface area contributed by atoms with Gasteiger partial charge < -0.3 is 9.72 Å². The van der Waals surface area contributed by atoms with E-state index in [1.165, 1.54) is 19.3 Å². The first-order valence-corrected chi connectivity index (χ1v) is 10.7. The van der Waals surface area contributed by atoms with Crippen LogP contribution in [0.15, 0.2) is 23.0 Å². The van der Waals surface area contributed by atoms with Gasteiger partial charge in [-0.05, 0) is 62.1 Å². The van der Waals surface area contributed by atoms with E-state index in [4.69, 9.17) is 4.74 Å². The van der Waals surface area contributed by atoms with E-state index in [1.807, 2.05) is 6.92 Å². The molecule has 2 atom stereocenters. The monoisotopic (exact) mass is 396 g/mol. The molecule has 2 aromatic rings. The summed E-state index contributed by atoms with van der Waals surface area (Å²) in [5.74, 6) is -0.389. The summed E-state index contributed by atoms with van der Waals surface area (Å²) >= 11 is 0. The summed E-state index contributed by atoms with van der Waals surface area (Å²) in [5, 5.41) is 0.560. The van der Waals surface area contributed by atoms with Crippen LogP contribution in [0.4, 0.5) is 0 Å². The molecule has 2 bridgehead atoms. The number of aromatic amines is 1. The number of carbonyl (C=O) groups excluding carboxylic acids is 1. The van der Waals surface area contributed by atoms with Gasteiger partial charge >= 0.3 is 5.97 Å². The van der Waals surface area contributed by atoms with Gasteiger partial charge in [0, 0.05) is 41.3 Å². The Balaban J connectivity index is 1.69. The third-order valence-corrected chi connectivity index (χ3v) is 6.71. The molecule has 1 aliphatic heterocycles. The van der Waals surface area contributed by atoms with Crippen molar-refractivity contribution in [3.8, 4) is 0 Å². The molecule has 2 heterocycles. The van der Waals surface area contributed by atoms with Crippen LogP contribution in [-0.2, 0) is 11.3 Å². The van der Waals surface area contributed by atoms with Crippen LogP contribution in [0, 0.1) is 17.8 Å². The number of benzene rings is 1. The number of hydrogen-bond donors (Lipinski definition) is 1. The molecule has 4 rings (SSSR count). The van der Waals surface area contributed by atoms with E-state index < -0.39 is 0 Å². The molecule has 0 unspecified atom stereocenters. The molecule has 0 amide bonds. The van der Waals surface area contributed by atoms with Crippen LogP contribution in [0.25, 0.3) is 10.9 Å². The third-order valence-electron chi connectivity index (χ3n) is 6.71. The van der Waals surface area contributed by atoms with Gasteiger partial charge in [0.25, 0.3) is 0 Å². The lowest BCUT2D eigenvalue weighted by molar-refractivity contribution is 0.0526. The third kappa shape index (κ3) is 3.73. The Labute approximate surface area is 172 Å². The maximum absolute atomic E-state index is 13.4. The van der Waals surface area contributed by atoms with Crippen molar-refractivity contribution in [3.05, 3.63) is 45.2 Å². The number of likely N-dealkylation sites (tertiary alicyclic amines) is 1. The molecule has 1 aromatic heterocycles. The molecule has 5 nitrogen and oxygen atoms in total. The minimum absolute atomic E-state index is 0.0215. The van der Waals surface area contributed by atoms with Crippen LogP contribution < -0.4 is 5.43 Å². The summed E-state index contributed by atoms with van der Waals surface area (Å²) in [7, 11) is 0. The van der Waals surface area contributed by atoms with Gasteiger partial charge in [0.15, 0.2) is 5.43 Å². The minimum Gasteiger partial charge on any atom is -0.462 e. The lowest BCUT2D eigenvalue weighted by Crippen LogP contribution is -2.35. The van der Waals surface area contributed by atoms with Crippen LogP contribution >= 0.6 is 0 Å². The molecule has 1 saturated heterocycles. The Bertz CT molecular complexity index is 1020. The number of H-pyrrole nitrogens is 1. The van der Waals surface area contributed by atoms with Gasteiger partial charge in [0.05, 0.1) is 12.2 Å². The Morgan fingerprint density at radius 2 is 2.03 bits per heavy atom. The van der Waals surface area contributed by atoms with Gasteiger partial charge in [0.2, 0.25) is 0 Å². The lowest BCUT2D eigenvalue weighted by atomic mass is 9.65. The number of nitrogens with zero attached hydrogens (tertiary/aromatic N) is 1. The number of fused-ring (bicyclic) bond motifs is 3. The number of nitrogens with one attached hydrogen (secondary N) is 1. The van der Waals surface area contributed by atoms with E-state index in [9.17, 15) is 9.59 Å². The molecule has 2 fully saturated rings. The van der Waals surface area contributed by atoms with Crippen LogP contribution in [0.2, 0.25) is 0 Å². The zero-order chi connectivity index (χ0) is 21.0. The van der Waals surface area contributed by atoms with Crippen molar-refractivity contribution in [3.63, 3.8) is 0 Å². The van der Waals surface area contributed by atoms with Crippen molar-refractivity contribution >= 4 is 16.9 Å². The highest BCUT2D eigenvalue weighted by Gasteiger charge is 2.49. The molecule has 29 heavy (non-hydrogen) atoms. The molecule has 0 radical (unpaired) electrons. The maximum Gasteiger partial charge on any atom is 0.338 e. The zero-order valence-electron chi connectivity index (χ0n) is 18.2. The molecular weight excluding hydrogens is 364 g/mol. The molecule has 1 aliphatic carbocycles. The van der Waals surface area contributed by atoms with Gasteiger partial charge in [-0.15, -0.1) is 0 Å². The predicted octanol–water partition coefficient (Wildman–Crippen LogP) is 4.41. The Hall–Kier alpha value is -2.14. The molecule has 0 spiro atoms. The maximum atomic E-state index is 13.4. The van der Waals surface area contributed by atoms with Crippen LogP contribution in [0.1, 0.15) is 68.6 Å². The second-order valence-corrected chi connectivity index (χ2v) is 10.2. The van der Waals surface area contributed by atoms with Crippen molar-refractivity contribution in [2.75, 3.05) is 13.2 Å². The number of pyridine rings is 1. The molecule has 1 saturated carbocycles. The fraction of sp³-hybridized carbons (Fsp3) is 0.583. The molecule has 1 aromatic carbocycles. The molecule has 5 heteroatoms. The van der Waals surface area contributed by atoms with Crippen molar-refractivity contribution in [1.82, 2.24) is 9.88 Å². The highest BCUT2D eigenvalue weighted by atomic mass is 16.5. The first kappa shape index (κ1) is 20.1. The first-order chi connectivity index (χ1) is 13.6. The fourth-order valence-corrected chi connectivity index (χ4v) is 5.95. The van der Waals surface area contributed by atoms with Crippen LogP contribution in [0.5, 0.6) is 0 Å². The summed E-state index contributed by atoms with van der Waals surface area (Å²) in [4.78, 5) is 31.4. The second kappa shape index (κ2) is 6.98. The number of carbonyl (C=O) groups is 1. The smallest absolute Gasteiger partial charge is 0.338 e. The highest BCUT2D eigenvalue weighted by molar-refractivity contribution is 5.94. The number of aryl methyl sites for hydroxylation is 1. The highest BCUT2D eigenvalue weighted by Crippen LogP contribution is 2.52. The average Bonchev–Trinajstić information content (AvgIpc) is 2.86. The molecule has 2 aliphatic rings. The standard InChI is InChI=1S/C24H32N2O3/c1-6-29-22(28)16-7-8-20-18(9-16)21(27)19(15(2)25-20)12-26-14-24(5)11-17(26)10-23(3,4)13-24/h7-9,17H,6,10-14H2,1-5H3,(H,25,27)/t17-,24-/m0/s1. The van der Waals surface area contributed by atoms with Gasteiger partial charge in [0.1, 0.15) is 0 Å². The van der Waals surface area contributed by atoms with Crippen molar-refractivity contribution in [2.24, 2.45) is 10.8 Å². The summed E-state index contributed by atoms with van der Waals surface area (Å²) in [6.45, 7) is 12.9. The number of aromatic nitrogens is 1. The summed E-state index contributed by atoms with van der Waals surface area (Å²) < 4.78 is 5.10. The number of rotatable bonds is 4. The summed E-state index contributed by atoms with van der Waals surface area (Å²) in [5.41, 5.74) is 3.62. The van der Waals surface area contributed by atoms with Crippen LogP contribution in [0.3, 0.4) is 0 Å². The van der Waals surface area contributed by atoms with Gasteiger partial charge in [-0.2, -0.15) is 0 Å². The quantitative estimate of drug-likeness (QED) is 0.778. The van der Waals surface area contributed by atoms with Crippen molar-refractivity contribution in [2.45, 2.75) is 66.5 Å². The first-order valence-electron chi connectivity index (χ1n) is 10.7. The number of hydrogen-bond acceptors (Lipinski definition) is 4. The number of esters is 1. The fourth-order valence-electron chi connectivity index (χ4n) is 5.95. The molecule has 156 valence electrons. The molecule has 1 N–H and O–H groups in total. The van der Waals surface area contributed by atoms with Gasteiger partial charge in [-0.1, -0.05) is 20.8 Å².